The lowest BCUT2D eigenvalue weighted by Crippen LogP contribution is -2.50. The maximum atomic E-state index is 12.7. The van der Waals surface area contributed by atoms with Crippen LogP contribution in [-0.2, 0) is 23.1 Å². The van der Waals surface area contributed by atoms with Gasteiger partial charge >= 0.3 is 5.63 Å². The van der Waals surface area contributed by atoms with Gasteiger partial charge in [0.05, 0.1) is 25.4 Å². The molecule has 32 heavy (non-hydrogen) atoms. The minimum atomic E-state index is -0.450. The molecule has 9 nitrogen and oxygen atoms in total. The molecule has 1 saturated heterocycles. The van der Waals surface area contributed by atoms with E-state index in [1.807, 2.05) is 25.3 Å². The Morgan fingerprint density at radius 3 is 2.91 bits per heavy atom. The third-order valence-corrected chi connectivity index (χ3v) is 5.93. The molecular weight excluding hydrogens is 412 g/mol. The third-order valence-electron chi connectivity index (χ3n) is 5.93. The van der Waals surface area contributed by atoms with Crippen molar-refractivity contribution >= 4 is 22.8 Å². The molecule has 1 aliphatic heterocycles. The number of fused-ring (bicyclic) bond motifs is 1. The van der Waals surface area contributed by atoms with E-state index in [2.05, 4.69) is 15.7 Å². The minimum Gasteiger partial charge on any atom is -0.497 e. The smallest absolute Gasteiger partial charge is 0.339 e. The van der Waals surface area contributed by atoms with Crippen molar-refractivity contribution in [3.8, 4) is 5.75 Å². The number of amides is 2. The van der Waals surface area contributed by atoms with Gasteiger partial charge in [0, 0.05) is 48.7 Å². The largest absolute Gasteiger partial charge is 0.497 e. The van der Waals surface area contributed by atoms with E-state index in [-0.39, 0.29) is 36.7 Å². The monoisotopic (exact) mass is 438 g/mol. The Hall–Kier alpha value is -3.62. The van der Waals surface area contributed by atoms with Gasteiger partial charge in [-0.05, 0) is 37.5 Å². The molecule has 2 atom stereocenters. The summed E-state index contributed by atoms with van der Waals surface area (Å²) < 4.78 is 12.3. The molecule has 2 N–H and O–H groups in total. The first-order chi connectivity index (χ1) is 15.4. The van der Waals surface area contributed by atoms with Crippen molar-refractivity contribution in [3.63, 3.8) is 0 Å². The first-order valence-corrected chi connectivity index (χ1v) is 10.5. The molecule has 0 spiro atoms. The number of rotatable bonds is 6. The van der Waals surface area contributed by atoms with Gasteiger partial charge in [-0.1, -0.05) is 0 Å². The Morgan fingerprint density at radius 1 is 1.38 bits per heavy atom. The summed E-state index contributed by atoms with van der Waals surface area (Å²) >= 11 is 0. The third kappa shape index (κ3) is 4.37. The standard InChI is InChI=1S/C23H26N4O5/c1-13-16-5-4-15(31-3)10-19(16)32-23(30)17(13)6-8-20(28)25-18-7-9-21(29)26-22(18)14-11-24-27(2)12-14/h4-5,10-12,18,22H,6-9H2,1-3H3,(H,25,28)(H,26,29)/t18-,22+/m0/s1. The Balaban J connectivity index is 1.47. The number of aromatic nitrogens is 2. The van der Waals surface area contributed by atoms with Crippen molar-refractivity contribution in [2.45, 2.75) is 44.7 Å². The van der Waals surface area contributed by atoms with Crippen molar-refractivity contribution in [2.24, 2.45) is 7.05 Å². The van der Waals surface area contributed by atoms with Crippen LogP contribution in [0.15, 0.2) is 39.8 Å². The van der Waals surface area contributed by atoms with E-state index in [0.29, 0.717) is 29.7 Å². The van der Waals surface area contributed by atoms with Crippen LogP contribution in [0.5, 0.6) is 5.75 Å². The first-order valence-electron chi connectivity index (χ1n) is 10.5. The number of carbonyl (C=O) groups is 2. The topological polar surface area (TPSA) is 115 Å². The molecule has 1 aromatic carbocycles. The van der Waals surface area contributed by atoms with E-state index in [1.54, 1.807) is 31.1 Å². The van der Waals surface area contributed by atoms with E-state index in [9.17, 15) is 14.4 Å². The van der Waals surface area contributed by atoms with Gasteiger partial charge in [-0.2, -0.15) is 5.10 Å². The van der Waals surface area contributed by atoms with Gasteiger partial charge in [-0.25, -0.2) is 4.79 Å². The number of benzene rings is 1. The summed E-state index contributed by atoms with van der Waals surface area (Å²) in [5, 5.41) is 10.9. The Morgan fingerprint density at radius 2 is 2.19 bits per heavy atom. The number of nitrogens with one attached hydrogen (secondary N) is 2. The van der Waals surface area contributed by atoms with Gasteiger partial charge in [0.25, 0.3) is 0 Å². The van der Waals surface area contributed by atoms with Crippen molar-refractivity contribution in [2.75, 3.05) is 7.11 Å². The molecule has 0 aliphatic carbocycles. The molecule has 0 bridgehead atoms. The average molecular weight is 438 g/mol. The zero-order chi connectivity index (χ0) is 22.8. The number of carbonyl (C=O) groups excluding carboxylic acids is 2. The summed E-state index contributed by atoms with van der Waals surface area (Å²) in [5.74, 6) is 0.369. The predicted octanol–water partition coefficient (Wildman–Crippen LogP) is 1.91. The van der Waals surface area contributed by atoms with Crippen molar-refractivity contribution in [1.82, 2.24) is 20.4 Å². The zero-order valence-corrected chi connectivity index (χ0v) is 18.3. The number of nitrogens with zero attached hydrogens (tertiary/aromatic N) is 2. The van der Waals surface area contributed by atoms with E-state index < -0.39 is 5.63 Å². The molecule has 168 valence electrons. The lowest BCUT2D eigenvalue weighted by atomic mass is 9.93. The van der Waals surface area contributed by atoms with Crippen LogP contribution in [0.4, 0.5) is 0 Å². The fourth-order valence-electron chi connectivity index (χ4n) is 4.18. The molecular formula is C23H26N4O5. The van der Waals surface area contributed by atoms with Crippen molar-refractivity contribution in [3.05, 3.63) is 57.7 Å². The van der Waals surface area contributed by atoms with Crippen LogP contribution in [0.3, 0.4) is 0 Å². The molecule has 2 amide bonds. The predicted molar refractivity (Wildman–Crippen MR) is 117 cm³/mol. The normalized spacial score (nSPS) is 18.4. The molecule has 9 heteroatoms. The number of hydrogen-bond donors (Lipinski definition) is 2. The fraction of sp³-hybridized carbons (Fsp3) is 0.391. The molecule has 0 unspecified atom stereocenters. The van der Waals surface area contributed by atoms with Gasteiger partial charge in [-0.3, -0.25) is 14.3 Å². The van der Waals surface area contributed by atoms with Crippen LogP contribution in [0, 0.1) is 6.92 Å². The lowest BCUT2D eigenvalue weighted by Gasteiger charge is -2.32. The molecule has 1 fully saturated rings. The molecule has 4 rings (SSSR count). The SMILES string of the molecule is COc1ccc2c(C)c(CCC(=O)N[C@H]3CCC(=O)N[C@@H]3c3cnn(C)c3)c(=O)oc2c1. The highest BCUT2D eigenvalue weighted by Crippen LogP contribution is 2.26. The number of aryl methyl sites for hydroxylation is 2. The van der Waals surface area contributed by atoms with Gasteiger partial charge in [0.2, 0.25) is 11.8 Å². The van der Waals surface area contributed by atoms with E-state index in [4.69, 9.17) is 9.15 Å². The molecule has 1 aliphatic rings. The molecule has 3 heterocycles. The van der Waals surface area contributed by atoms with Crippen molar-refractivity contribution < 1.29 is 18.7 Å². The highest BCUT2D eigenvalue weighted by molar-refractivity contribution is 5.83. The van der Waals surface area contributed by atoms with Gasteiger partial charge in [0.15, 0.2) is 0 Å². The Bertz CT molecular complexity index is 1230. The number of piperidine rings is 1. The highest BCUT2D eigenvalue weighted by atomic mass is 16.5. The molecule has 3 aromatic rings. The molecule has 0 radical (unpaired) electrons. The minimum absolute atomic E-state index is 0.0506. The summed E-state index contributed by atoms with van der Waals surface area (Å²) in [6.45, 7) is 1.86. The van der Waals surface area contributed by atoms with E-state index >= 15 is 0 Å². The van der Waals surface area contributed by atoms with Crippen LogP contribution in [0.1, 0.15) is 42.0 Å². The van der Waals surface area contributed by atoms with E-state index in [0.717, 1.165) is 16.5 Å². The summed E-state index contributed by atoms with van der Waals surface area (Å²) in [6, 6.07) is 4.75. The first kappa shape index (κ1) is 21.6. The van der Waals surface area contributed by atoms with Crippen LogP contribution in [0.2, 0.25) is 0 Å². The van der Waals surface area contributed by atoms with Gasteiger partial charge in [-0.15, -0.1) is 0 Å². The highest BCUT2D eigenvalue weighted by Gasteiger charge is 2.31. The summed E-state index contributed by atoms with van der Waals surface area (Å²) in [5.41, 5.74) is 2.13. The second-order valence-electron chi connectivity index (χ2n) is 8.06. The quantitative estimate of drug-likeness (QED) is 0.568. The van der Waals surface area contributed by atoms with Crippen LogP contribution >= 0.6 is 0 Å². The number of ether oxygens (including phenoxy) is 1. The number of methoxy groups -OCH3 is 1. The summed E-state index contributed by atoms with van der Waals surface area (Å²) in [7, 11) is 3.35. The van der Waals surface area contributed by atoms with E-state index in [1.165, 1.54) is 0 Å². The second kappa shape index (κ2) is 8.86. The fourth-order valence-corrected chi connectivity index (χ4v) is 4.18. The Labute approximate surface area is 184 Å². The van der Waals surface area contributed by atoms with Crippen LogP contribution in [0.25, 0.3) is 11.0 Å². The van der Waals surface area contributed by atoms with Crippen LogP contribution in [-0.4, -0.2) is 34.7 Å². The molecule has 2 aromatic heterocycles. The van der Waals surface area contributed by atoms with Gasteiger partial charge < -0.3 is 19.8 Å². The Kier molecular flexibility index (Phi) is 5.98. The zero-order valence-electron chi connectivity index (χ0n) is 18.3. The molecule has 0 saturated carbocycles. The lowest BCUT2D eigenvalue weighted by molar-refractivity contribution is -0.127. The average Bonchev–Trinajstić information content (AvgIpc) is 3.20. The summed E-state index contributed by atoms with van der Waals surface area (Å²) in [6.07, 6.45) is 4.80. The van der Waals surface area contributed by atoms with Crippen LogP contribution < -0.4 is 21.0 Å². The second-order valence-corrected chi connectivity index (χ2v) is 8.06. The van der Waals surface area contributed by atoms with Crippen molar-refractivity contribution in [1.29, 1.82) is 0 Å². The maximum absolute atomic E-state index is 12.7. The maximum Gasteiger partial charge on any atom is 0.339 e. The van der Waals surface area contributed by atoms with Gasteiger partial charge in [0.1, 0.15) is 11.3 Å². The summed E-state index contributed by atoms with van der Waals surface area (Å²) in [4.78, 5) is 37.2. The number of hydrogen-bond acceptors (Lipinski definition) is 6.